The van der Waals surface area contributed by atoms with E-state index >= 15 is 0 Å². The zero-order chi connectivity index (χ0) is 11.4. The van der Waals surface area contributed by atoms with Crippen molar-refractivity contribution in [1.29, 1.82) is 5.26 Å². The van der Waals surface area contributed by atoms with Gasteiger partial charge in [0.25, 0.3) is 0 Å². The molecule has 0 aliphatic rings. The highest BCUT2D eigenvalue weighted by molar-refractivity contribution is 9.10. The third-order valence-corrected chi connectivity index (χ3v) is 2.37. The quantitative estimate of drug-likeness (QED) is 0.479. The summed E-state index contributed by atoms with van der Waals surface area (Å²) in [6.45, 7) is 1.66. The van der Waals surface area contributed by atoms with Gasteiger partial charge in [0.15, 0.2) is 12.1 Å². The van der Waals surface area contributed by atoms with Crippen molar-refractivity contribution in [2.75, 3.05) is 0 Å². The second-order valence-electron chi connectivity index (χ2n) is 2.98. The molecule has 1 unspecified atom stereocenters. The fourth-order valence-electron chi connectivity index (χ4n) is 1.24. The summed E-state index contributed by atoms with van der Waals surface area (Å²) in [5, 5.41) is 8.84. The number of nitrogens with zero attached hydrogens (tertiary/aromatic N) is 1. The molecule has 1 aromatic carbocycles. The van der Waals surface area contributed by atoms with Crippen LogP contribution >= 0.6 is 15.9 Å². The zero-order valence-corrected chi connectivity index (χ0v) is 9.61. The van der Waals surface area contributed by atoms with Crippen LogP contribution in [0.1, 0.15) is 33.2 Å². The Bertz CT molecular complexity index is 446. The Labute approximate surface area is 95.8 Å². The first kappa shape index (κ1) is 11.6. The van der Waals surface area contributed by atoms with E-state index in [2.05, 4.69) is 15.9 Å². The number of Topliss-reactive ketones (excluding diaryl/α,β-unsaturated/α-hetero) is 1. The van der Waals surface area contributed by atoms with Gasteiger partial charge < -0.3 is 0 Å². The Morgan fingerprint density at radius 3 is 2.73 bits per heavy atom. The minimum atomic E-state index is -0.411. The maximum Gasteiger partial charge on any atom is 0.178 e. The van der Waals surface area contributed by atoms with Crippen LogP contribution in [0.5, 0.6) is 0 Å². The van der Waals surface area contributed by atoms with Crippen LogP contribution in [0.4, 0.5) is 0 Å². The van der Waals surface area contributed by atoms with Gasteiger partial charge in [0.2, 0.25) is 0 Å². The molecule has 0 aliphatic heterocycles. The number of ketones is 1. The number of carbonyl (C=O) groups excluding carboxylic acids is 2. The number of alkyl halides is 1. The molecule has 0 aliphatic carbocycles. The van der Waals surface area contributed by atoms with Gasteiger partial charge in [0, 0.05) is 11.1 Å². The number of aldehydes is 1. The molecule has 0 heterocycles. The first-order chi connectivity index (χ1) is 7.11. The van der Waals surface area contributed by atoms with E-state index in [-0.39, 0.29) is 22.5 Å². The summed E-state index contributed by atoms with van der Waals surface area (Å²) < 4.78 is 0. The molecule has 0 N–H and O–H groups in total. The van der Waals surface area contributed by atoms with Crippen LogP contribution in [-0.4, -0.2) is 16.9 Å². The average Bonchev–Trinajstić information content (AvgIpc) is 2.26. The van der Waals surface area contributed by atoms with Gasteiger partial charge in [0.05, 0.1) is 16.5 Å². The predicted molar refractivity (Wildman–Crippen MR) is 59.3 cm³/mol. The molecular weight excluding hydrogens is 258 g/mol. The van der Waals surface area contributed by atoms with Gasteiger partial charge in [-0.3, -0.25) is 9.59 Å². The number of nitriles is 1. The van der Waals surface area contributed by atoms with E-state index < -0.39 is 4.83 Å². The number of benzene rings is 1. The number of rotatable bonds is 3. The largest absolute Gasteiger partial charge is 0.298 e. The number of carbonyl (C=O) groups is 2. The van der Waals surface area contributed by atoms with Gasteiger partial charge in [-0.2, -0.15) is 5.26 Å². The fourth-order valence-corrected chi connectivity index (χ4v) is 1.46. The molecule has 76 valence electrons. The molecule has 0 saturated carbocycles. The molecule has 4 heteroatoms. The van der Waals surface area contributed by atoms with E-state index in [9.17, 15) is 9.59 Å². The normalized spacial score (nSPS) is 11.5. The van der Waals surface area contributed by atoms with Crippen molar-refractivity contribution < 1.29 is 9.59 Å². The van der Waals surface area contributed by atoms with Crippen LogP contribution in [0.2, 0.25) is 0 Å². The van der Waals surface area contributed by atoms with Crippen LogP contribution in [0.15, 0.2) is 18.2 Å². The lowest BCUT2D eigenvalue weighted by atomic mass is 9.97. The summed E-state index contributed by atoms with van der Waals surface area (Å²) in [5.41, 5.74) is 0.681. The van der Waals surface area contributed by atoms with Gasteiger partial charge in [-0.15, -0.1) is 0 Å². The number of halogens is 1. The molecule has 1 rings (SSSR count). The molecule has 3 nitrogen and oxygen atoms in total. The highest BCUT2D eigenvalue weighted by atomic mass is 79.9. The zero-order valence-electron chi connectivity index (χ0n) is 8.03. The molecule has 0 radical (unpaired) electrons. The number of hydrogen-bond acceptors (Lipinski definition) is 3. The first-order valence-corrected chi connectivity index (χ1v) is 5.20. The van der Waals surface area contributed by atoms with E-state index in [4.69, 9.17) is 5.26 Å². The molecule has 0 aromatic heterocycles. The summed E-state index contributed by atoms with van der Waals surface area (Å²) in [7, 11) is 0. The molecule has 0 saturated heterocycles. The second kappa shape index (κ2) is 4.85. The smallest absolute Gasteiger partial charge is 0.178 e. The van der Waals surface area contributed by atoms with Crippen molar-refractivity contribution in [3.8, 4) is 6.07 Å². The van der Waals surface area contributed by atoms with Crippen LogP contribution in [0.3, 0.4) is 0 Å². The Morgan fingerprint density at radius 2 is 2.27 bits per heavy atom. The second-order valence-corrected chi connectivity index (χ2v) is 4.35. The molecule has 0 bridgehead atoms. The lowest BCUT2D eigenvalue weighted by molar-refractivity contribution is 0.0988. The third kappa shape index (κ3) is 2.31. The summed E-state index contributed by atoms with van der Waals surface area (Å²) >= 11 is 3.13. The highest BCUT2D eigenvalue weighted by Crippen LogP contribution is 2.17. The molecule has 1 atom stereocenters. The first-order valence-electron chi connectivity index (χ1n) is 4.28. The lowest BCUT2D eigenvalue weighted by Crippen LogP contribution is -2.14. The summed E-state index contributed by atoms with van der Waals surface area (Å²) in [6.07, 6.45) is 0.587. The minimum absolute atomic E-state index is 0.194. The van der Waals surface area contributed by atoms with Gasteiger partial charge in [-0.25, -0.2) is 0 Å². The van der Waals surface area contributed by atoms with Crippen molar-refractivity contribution in [3.05, 3.63) is 34.9 Å². The Hall–Kier alpha value is -1.47. The van der Waals surface area contributed by atoms with Gasteiger partial charge in [0.1, 0.15) is 0 Å². The van der Waals surface area contributed by atoms with E-state index in [1.54, 1.807) is 13.0 Å². The van der Waals surface area contributed by atoms with Gasteiger partial charge in [-0.05, 0) is 13.0 Å². The molecular formula is C11H8BrNO2. The van der Waals surface area contributed by atoms with E-state index in [1.807, 2.05) is 6.07 Å². The van der Waals surface area contributed by atoms with Crippen molar-refractivity contribution in [3.63, 3.8) is 0 Å². The number of hydrogen-bond donors (Lipinski definition) is 0. The topological polar surface area (TPSA) is 57.9 Å². The fraction of sp³-hybridized carbons (Fsp3) is 0.182. The predicted octanol–water partition coefficient (Wildman–Crippen LogP) is 2.34. The van der Waals surface area contributed by atoms with Crippen molar-refractivity contribution in [2.24, 2.45) is 0 Å². The van der Waals surface area contributed by atoms with E-state index in [0.29, 0.717) is 6.29 Å². The van der Waals surface area contributed by atoms with Crippen LogP contribution in [0.25, 0.3) is 0 Å². The van der Waals surface area contributed by atoms with E-state index in [1.165, 1.54) is 12.1 Å². The van der Waals surface area contributed by atoms with E-state index in [0.717, 1.165) is 0 Å². The van der Waals surface area contributed by atoms with Gasteiger partial charge in [-0.1, -0.05) is 28.1 Å². The maximum atomic E-state index is 11.7. The SMILES string of the molecule is CC(Br)C(=O)c1c(C#N)cccc1C=O. The van der Waals surface area contributed by atoms with Gasteiger partial charge >= 0.3 is 0 Å². The molecule has 0 spiro atoms. The third-order valence-electron chi connectivity index (χ3n) is 1.95. The summed E-state index contributed by atoms with van der Waals surface area (Å²) in [4.78, 5) is 22.1. The lowest BCUT2D eigenvalue weighted by Gasteiger charge is -2.07. The summed E-state index contributed by atoms with van der Waals surface area (Å²) in [6, 6.07) is 6.53. The molecule has 15 heavy (non-hydrogen) atoms. The monoisotopic (exact) mass is 265 g/mol. The van der Waals surface area contributed by atoms with Crippen LogP contribution in [-0.2, 0) is 0 Å². The summed E-state index contributed by atoms with van der Waals surface area (Å²) in [5.74, 6) is -0.255. The standard InChI is InChI=1S/C11H8BrNO2/c1-7(12)11(15)10-8(5-13)3-2-4-9(10)6-14/h2-4,6-7H,1H3. The van der Waals surface area contributed by atoms with Crippen LogP contribution in [0, 0.1) is 11.3 Å². The highest BCUT2D eigenvalue weighted by Gasteiger charge is 2.19. The Morgan fingerprint density at radius 1 is 1.60 bits per heavy atom. The Kier molecular flexibility index (Phi) is 3.75. The Balaban J connectivity index is 3.43. The maximum absolute atomic E-state index is 11.7. The average molecular weight is 266 g/mol. The molecule has 0 amide bonds. The van der Waals surface area contributed by atoms with Crippen molar-refractivity contribution in [2.45, 2.75) is 11.8 Å². The van der Waals surface area contributed by atoms with Crippen molar-refractivity contribution in [1.82, 2.24) is 0 Å². The minimum Gasteiger partial charge on any atom is -0.298 e. The molecule has 1 aromatic rings. The van der Waals surface area contributed by atoms with Crippen molar-refractivity contribution >= 4 is 28.0 Å². The molecule has 0 fully saturated rings. The van der Waals surface area contributed by atoms with Crippen LogP contribution < -0.4 is 0 Å².